The van der Waals surface area contributed by atoms with Gasteiger partial charge in [0.1, 0.15) is 30.2 Å². The molecular weight excluding hydrogens is 356 g/mol. The van der Waals surface area contributed by atoms with Crippen LogP contribution in [0.3, 0.4) is 0 Å². The van der Waals surface area contributed by atoms with Crippen molar-refractivity contribution >= 4 is 23.0 Å². The number of aromatic nitrogens is 4. The summed E-state index contributed by atoms with van der Waals surface area (Å²) in [7, 11) is 1.80. The molecule has 27 heavy (non-hydrogen) atoms. The molecule has 2 aromatic heterocycles. The van der Waals surface area contributed by atoms with Crippen LogP contribution in [0.25, 0.3) is 11.2 Å². The number of rotatable bonds is 7. The standard InChI is InChI=1S/C16H24N6O5/c1-3-26-10(23)4-5-21(2)6-9-12(24)13(25)16(27-9)22-8-20-11-14(17)18-7-19-15(11)22/h7-9,12-13,16,24-25H,3-6H2,1-2H3,(H2,17,18,19)/t9-,12-,13-,16-/m1/s1. The highest BCUT2D eigenvalue weighted by Crippen LogP contribution is 2.32. The Kier molecular flexibility index (Phi) is 5.85. The number of fused-ring (bicyclic) bond motifs is 1. The van der Waals surface area contributed by atoms with Gasteiger partial charge in [-0.1, -0.05) is 0 Å². The van der Waals surface area contributed by atoms with Crippen LogP contribution < -0.4 is 5.73 Å². The van der Waals surface area contributed by atoms with Gasteiger partial charge in [0.25, 0.3) is 0 Å². The minimum Gasteiger partial charge on any atom is -0.466 e. The summed E-state index contributed by atoms with van der Waals surface area (Å²) in [6, 6.07) is 0. The number of carbonyl (C=O) groups excluding carboxylic acids is 1. The van der Waals surface area contributed by atoms with Crippen LogP contribution in [-0.4, -0.2) is 85.7 Å². The van der Waals surface area contributed by atoms with Crippen molar-refractivity contribution in [2.75, 3.05) is 32.5 Å². The maximum absolute atomic E-state index is 11.5. The van der Waals surface area contributed by atoms with Crippen LogP contribution in [0.4, 0.5) is 5.82 Å². The van der Waals surface area contributed by atoms with Crippen LogP contribution in [0, 0.1) is 0 Å². The predicted molar refractivity (Wildman–Crippen MR) is 94.4 cm³/mol. The van der Waals surface area contributed by atoms with E-state index in [1.165, 1.54) is 17.2 Å². The molecule has 4 atom stereocenters. The Morgan fingerprint density at radius 2 is 2.15 bits per heavy atom. The second kappa shape index (κ2) is 8.13. The summed E-state index contributed by atoms with van der Waals surface area (Å²) in [4.78, 5) is 25.5. The zero-order valence-corrected chi connectivity index (χ0v) is 15.2. The van der Waals surface area contributed by atoms with Gasteiger partial charge >= 0.3 is 5.97 Å². The van der Waals surface area contributed by atoms with Crippen LogP contribution >= 0.6 is 0 Å². The Hall–Kier alpha value is -2.34. The van der Waals surface area contributed by atoms with E-state index < -0.39 is 24.5 Å². The number of imidazole rings is 1. The van der Waals surface area contributed by atoms with Gasteiger partial charge < -0.3 is 30.3 Å². The first-order valence-corrected chi connectivity index (χ1v) is 8.71. The van der Waals surface area contributed by atoms with Crippen LogP contribution in [0.2, 0.25) is 0 Å². The molecule has 0 unspecified atom stereocenters. The SMILES string of the molecule is CCOC(=O)CCN(C)C[C@H]1O[C@@H](n2cnc3c(N)ncnc32)[C@H](O)[C@@H]1O. The molecule has 3 rings (SSSR count). The van der Waals surface area contributed by atoms with E-state index in [4.69, 9.17) is 15.2 Å². The summed E-state index contributed by atoms with van der Waals surface area (Å²) in [5, 5.41) is 20.8. The largest absolute Gasteiger partial charge is 0.466 e. The maximum atomic E-state index is 11.5. The molecular formula is C16H24N6O5. The van der Waals surface area contributed by atoms with Gasteiger partial charge in [-0.25, -0.2) is 15.0 Å². The molecule has 2 aromatic rings. The summed E-state index contributed by atoms with van der Waals surface area (Å²) in [6.07, 6.45) is -0.783. The summed E-state index contributed by atoms with van der Waals surface area (Å²) in [5.41, 5.74) is 6.59. The third-order valence-corrected chi connectivity index (χ3v) is 4.49. The average Bonchev–Trinajstić information content (AvgIpc) is 3.18. The Labute approximate surface area is 155 Å². The molecule has 148 valence electrons. The van der Waals surface area contributed by atoms with Crippen LogP contribution in [0.15, 0.2) is 12.7 Å². The number of hydrogen-bond acceptors (Lipinski definition) is 10. The number of ether oxygens (including phenoxy) is 2. The molecule has 0 amide bonds. The molecule has 1 aliphatic rings. The van der Waals surface area contributed by atoms with Gasteiger partial charge in [-0.05, 0) is 14.0 Å². The highest BCUT2D eigenvalue weighted by molar-refractivity contribution is 5.81. The summed E-state index contributed by atoms with van der Waals surface area (Å²) < 4.78 is 12.3. The van der Waals surface area contributed by atoms with Crippen molar-refractivity contribution in [3.8, 4) is 0 Å². The van der Waals surface area contributed by atoms with Crippen molar-refractivity contribution in [1.82, 2.24) is 24.4 Å². The van der Waals surface area contributed by atoms with Crippen molar-refractivity contribution in [2.24, 2.45) is 0 Å². The summed E-state index contributed by atoms with van der Waals surface area (Å²) in [6.45, 7) is 2.87. The highest BCUT2D eigenvalue weighted by atomic mass is 16.6. The number of likely N-dealkylation sites (N-methyl/N-ethyl adjacent to an activating group) is 1. The summed E-state index contributed by atoms with van der Waals surface area (Å²) >= 11 is 0. The number of nitrogens with two attached hydrogens (primary N) is 1. The van der Waals surface area contributed by atoms with E-state index in [2.05, 4.69) is 15.0 Å². The number of aliphatic hydroxyl groups is 2. The average molecular weight is 380 g/mol. The molecule has 11 nitrogen and oxygen atoms in total. The Bertz CT molecular complexity index is 799. The first-order chi connectivity index (χ1) is 12.9. The second-order valence-electron chi connectivity index (χ2n) is 6.45. The van der Waals surface area contributed by atoms with Crippen LogP contribution in [0.1, 0.15) is 19.6 Å². The van der Waals surface area contributed by atoms with E-state index in [0.717, 1.165) is 0 Å². The lowest BCUT2D eigenvalue weighted by Gasteiger charge is -2.22. The molecule has 3 heterocycles. The van der Waals surface area contributed by atoms with Gasteiger partial charge in [0.2, 0.25) is 0 Å². The second-order valence-corrected chi connectivity index (χ2v) is 6.45. The quantitative estimate of drug-likeness (QED) is 0.506. The van der Waals surface area contributed by atoms with E-state index in [-0.39, 0.29) is 18.2 Å². The minimum absolute atomic E-state index is 0.224. The number of esters is 1. The Morgan fingerprint density at radius 1 is 1.37 bits per heavy atom. The fraction of sp³-hybridized carbons (Fsp3) is 0.625. The van der Waals surface area contributed by atoms with Gasteiger partial charge in [-0.2, -0.15) is 0 Å². The molecule has 0 radical (unpaired) electrons. The van der Waals surface area contributed by atoms with Crippen LogP contribution in [0.5, 0.6) is 0 Å². The molecule has 0 aromatic carbocycles. The molecule has 1 saturated heterocycles. The van der Waals surface area contributed by atoms with Crippen LogP contribution in [-0.2, 0) is 14.3 Å². The zero-order chi connectivity index (χ0) is 19.6. The first-order valence-electron chi connectivity index (χ1n) is 8.71. The van der Waals surface area contributed by atoms with E-state index in [0.29, 0.717) is 30.9 Å². The third-order valence-electron chi connectivity index (χ3n) is 4.49. The first kappa shape index (κ1) is 19.4. The fourth-order valence-electron chi connectivity index (χ4n) is 3.08. The topological polar surface area (TPSA) is 149 Å². The van der Waals surface area contributed by atoms with E-state index in [1.54, 1.807) is 14.0 Å². The molecule has 11 heteroatoms. The molecule has 0 spiro atoms. The van der Waals surface area contributed by atoms with Crippen molar-refractivity contribution in [2.45, 2.75) is 37.9 Å². The fourth-order valence-corrected chi connectivity index (χ4v) is 3.08. The predicted octanol–water partition coefficient (Wildman–Crippen LogP) is -1.09. The number of aliphatic hydroxyl groups excluding tert-OH is 2. The lowest BCUT2D eigenvalue weighted by molar-refractivity contribution is -0.143. The highest BCUT2D eigenvalue weighted by Gasteiger charge is 2.44. The van der Waals surface area contributed by atoms with E-state index >= 15 is 0 Å². The third kappa shape index (κ3) is 4.00. The van der Waals surface area contributed by atoms with Gasteiger partial charge in [0, 0.05) is 13.1 Å². The van der Waals surface area contributed by atoms with Gasteiger partial charge in [0.05, 0.1) is 19.4 Å². The van der Waals surface area contributed by atoms with Gasteiger partial charge in [-0.15, -0.1) is 0 Å². The van der Waals surface area contributed by atoms with Gasteiger partial charge in [0.15, 0.2) is 17.7 Å². The van der Waals surface area contributed by atoms with Crippen molar-refractivity contribution < 1.29 is 24.5 Å². The Morgan fingerprint density at radius 3 is 2.89 bits per heavy atom. The van der Waals surface area contributed by atoms with E-state index in [1.807, 2.05) is 4.90 Å². The van der Waals surface area contributed by atoms with Crippen molar-refractivity contribution in [1.29, 1.82) is 0 Å². The van der Waals surface area contributed by atoms with E-state index in [9.17, 15) is 15.0 Å². The number of nitrogens with zero attached hydrogens (tertiary/aromatic N) is 5. The van der Waals surface area contributed by atoms with Gasteiger partial charge in [-0.3, -0.25) is 9.36 Å². The monoisotopic (exact) mass is 380 g/mol. The smallest absolute Gasteiger partial charge is 0.307 e. The normalized spacial score (nSPS) is 25.4. The number of hydrogen-bond donors (Lipinski definition) is 3. The molecule has 0 bridgehead atoms. The lowest BCUT2D eigenvalue weighted by atomic mass is 10.1. The number of nitrogen functional groups attached to an aromatic ring is 1. The Balaban J connectivity index is 1.66. The molecule has 4 N–H and O–H groups in total. The molecule has 1 fully saturated rings. The maximum Gasteiger partial charge on any atom is 0.307 e. The number of anilines is 1. The van der Waals surface area contributed by atoms with Crippen molar-refractivity contribution in [3.05, 3.63) is 12.7 Å². The molecule has 0 aliphatic carbocycles. The minimum atomic E-state index is -1.16. The number of carbonyl (C=O) groups is 1. The van der Waals surface area contributed by atoms with Crippen molar-refractivity contribution in [3.63, 3.8) is 0 Å². The lowest BCUT2D eigenvalue weighted by Crippen LogP contribution is -2.39. The molecule has 1 aliphatic heterocycles. The zero-order valence-electron chi connectivity index (χ0n) is 15.2. The molecule has 0 saturated carbocycles. The summed E-state index contributed by atoms with van der Waals surface area (Å²) in [5.74, 6) is -0.0562.